The molecule has 0 aliphatic rings. The normalized spacial score (nSPS) is 11.3. The number of anilines is 1. The van der Waals surface area contributed by atoms with Crippen molar-refractivity contribution in [2.24, 2.45) is 0 Å². The molecule has 0 fully saturated rings. The van der Waals surface area contributed by atoms with Gasteiger partial charge in [-0.2, -0.15) is 13.2 Å². The summed E-state index contributed by atoms with van der Waals surface area (Å²) < 4.78 is 42.5. The van der Waals surface area contributed by atoms with Gasteiger partial charge in [-0.05, 0) is 24.3 Å². The number of hydrogen-bond donors (Lipinski definition) is 1. The van der Waals surface area contributed by atoms with E-state index in [1.165, 1.54) is 24.3 Å². The minimum absolute atomic E-state index is 0.112. The highest BCUT2D eigenvalue weighted by molar-refractivity contribution is 7.11. The van der Waals surface area contributed by atoms with Gasteiger partial charge in [0.1, 0.15) is 10.6 Å². The lowest BCUT2D eigenvalue weighted by atomic mass is 10.3. The molecule has 0 bridgehead atoms. The SMILES string of the molecule is Nc1ccc(OC(=O)c2scnc2C(F)(F)F)cc1. The van der Waals surface area contributed by atoms with Gasteiger partial charge in [0.05, 0.1) is 5.51 Å². The molecule has 19 heavy (non-hydrogen) atoms. The zero-order valence-electron chi connectivity index (χ0n) is 9.27. The van der Waals surface area contributed by atoms with Crippen LogP contribution in [0.15, 0.2) is 29.8 Å². The molecule has 1 aromatic heterocycles. The molecule has 0 aliphatic carbocycles. The first-order chi connectivity index (χ1) is 8.88. The van der Waals surface area contributed by atoms with Gasteiger partial charge in [-0.1, -0.05) is 0 Å². The number of thiazole rings is 1. The van der Waals surface area contributed by atoms with Crippen LogP contribution in [0.25, 0.3) is 0 Å². The fraction of sp³-hybridized carbons (Fsp3) is 0.0909. The molecule has 100 valence electrons. The minimum atomic E-state index is -4.69. The molecule has 1 heterocycles. The third-order valence-electron chi connectivity index (χ3n) is 2.11. The summed E-state index contributed by atoms with van der Waals surface area (Å²) in [6.07, 6.45) is -4.69. The van der Waals surface area contributed by atoms with E-state index in [0.29, 0.717) is 17.0 Å². The van der Waals surface area contributed by atoms with E-state index in [0.717, 1.165) is 5.51 Å². The van der Waals surface area contributed by atoms with E-state index >= 15 is 0 Å². The Labute approximate surface area is 109 Å². The third-order valence-corrected chi connectivity index (χ3v) is 2.92. The molecule has 0 saturated carbocycles. The van der Waals surface area contributed by atoms with Crippen LogP contribution in [-0.2, 0) is 6.18 Å². The van der Waals surface area contributed by atoms with Crippen LogP contribution in [0, 0.1) is 0 Å². The van der Waals surface area contributed by atoms with E-state index in [-0.39, 0.29) is 5.75 Å². The molecule has 0 spiro atoms. The van der Waals surface area contributed by atoms with E-state index in [1.54, 1.807) is 0 Å². The number of aromatic nitrogens is 1. The van der Waals surface area contributed by atoms with E-state index < -0.39 is 22.7 Å². The van der Waals surface area contributed by atoms with Crippen molar-refractivity contribution >= 4 is 23.0 Å². The summed E-state index contributed by atoms with van der Waals surface area (Å²) in [5.41, 5.74) is 5.60. The van der Waals surface area contributed by atoms with E-state index in [1.807, 2.05) is 0 Å². The van der Waals surface area contributed by atoms with Crippen LogP contribution >= 0.6 is 11.3 Å². The first-order valence-corrected chi connectivity index (χ1v) is 5.84. The summed E-state index contributed by atoms with van der Waals surface area (Å²) in [7, 11) is 0. The third kappa shape index (κ3) is 3.02. The molecular formula is C11H7F3N2O2S. The van der Waals surface area contributed by atoms with Gasteiger partial charge in [-0.15, -0.1) is 11.3 Å². The number of ether oxygens (including phenoxy) is 1. The van der Waals surface area contributed by atoms with Crippen molar-refractivity contribution in [1.29, 1.82) is 0 Å². The van der Waals surface area contributed by atoms with Crippen LogP contribution in [0.1, 0.15) is 15.4 Å². The monoisotopic (exact) mass is 288 g/mol. The average molecular weight is 288 g/mol. The lowest BCUT2D eigenvalue weighted by Gasteiger charge is -2.06. The number of carbonyl (C=O) groups is 1. The molecule has 0 amide bonds. The Kier molecular flexibility index (Phi) is 3.43. The predicted octanol–water partition coefficient (Wildman–Crippen LogP) is 2.96. The van der Waals surface area contributed by atoms with Crippen molar-refractivity contribution in [2.75, 3.05) is 5.73 Å². The molecule has 0 radical (unpaired) electrons. The van der Waals surface area contributed by atoms with Crippen LogP contribution in [-0.4, -0.2) is 11.0 Å². The van der Waals surface area contributed by atoms with Gasteiger partial charge in [-0.25, -0.2) is 9.78 Å². The number of nitrogens with zero attached hydrogens (tertiary/aromatic N) is 1. The fourth-order valence-corrected chi connectivity index (χ4v) is 1.96. The van der Waals surface area contributed by atoms with Crippen LogP contribution in [0.2, 0.25) is 0 Å². The molecule has 2 rings (SSSR count). The van der Waals surface area contributed by atoms with Gasteiger partial charge in [0.25, 0.3) is 0 Å². The molecule has 0 aliphatic heterocycles. The van der Waals surface area contributed by atoms with E-state index in [2.05, 4.69) is 4.98 Å². The van der Waals surface area contributed by atoms with Gasteiger partial charge in [0, 0.05) is 5.69 Å². The first kappa shape index (κ1) is 13.3. The topological polar surface area (TPSA) is 65.2 Å². The number of halogens is 3. The summed E-state index contributed by atoms with van der Waals surface area (Å²) in [6.45, 7) is 0. The second kappa shape index (κ2) is 4.88. The molecule has 0 atom stereocenters. The Balaban J connectivity index is 2.21. The quantitative estimate of drug-likeness (QED) is 0.524. The molecular weight excluding hydrogens is 281 g/mol. The van der Waals surface area contributed by atoms with Crippen molar-refractivity contribution in [3.63, 3.8) is 0 Å². The van der Waals surface area contributed by atoms with Crippen molar-refractivity contribution in [1.82, 2.24) is 4.98 Å². The van der Waals surface area contributed by atoms with Gasteiger partial charge in [0.2, 0.25) is 0 Å². The Hall–Kier alpha value is -2.09. The van der Waals surface area contributed by atoms with Crippen LogP contribution < -0.4 is 10.5 Å². The fourth-order valence-electron chi connectivity index (χ4n) is 1.28. The van der Waals surface area contributed by atoms with Gasteiger partial charge in [0.15, 0.2) is 5.69 Å². The molecule has 0 saturated heterocycles. The highest BCUT2D eigenvalue weighted by atomic mass is 32.1. The summed E-state index contributed by atoms with van der Waals surface area (Å²) in [5.74, 6) is -0.986. The molecule has 4 nitrogen and oxygen atoms in total. The molecule has 8 heteroatoms. The van der Waals surface area contributed by atoms with E-state index in [9.17, 15) is 18.0 Å². The summed E-state index contributed by atoms with van der Waals surface area (Å²) in [6, 6.07) is 5.73. The number of benzene rings is 1. The Morgan fingerprint density at radius 1 is 1.26 bits per heavy atom. The van der Waals surface area contributed by atoms with Crippen LogP contribution in [0.5, 0.6) is 5.75 Å². The van der Waals surface area contributed by atoms with Crippen molar-refractivity contribution in [2.45, 2.75) is 6.18 Å². The van der Waals surface area contributed by atoms with Gasteiger partial charge >= 0.3 is 12.1 Å². The standard InChI is InChI=1S/C11H7F3N2O2S/c12-11(13,14)9-8(19-5-16-9)10(17)18-7-3-1-6(15)2-4-7/h1-5H,15H2. The first-order valence-electron chi connectivity index (χ1n) is 4.96. The van der Waals surface area contributed by atoms with Crippen LogP contribution in [0.4, 0.5) is 18.9 Å². The molecule has 2 N–H and O–H groups in total. The number of carbonyl (C=O) groups excluding carboxylic acids is 1. The highest BCUT2D eigenvalue weighted by Crippen LogP contribution is 2.33. The van der Waals surface area contributed by atoms with Crippen LogP contribution in [0.3, 0.4) is 0 Å². The summed E-state index contributed by atoms with van der Waals surface area (Å²) in [4.78, 5) is 14.2. The maximum atomic E-state index is 12.6. The summed E-state index contributed by atoms with van der Waals surface area (Å²) in [5, 5.41) is 0. The second-order valence-corrected chi connectivity index (χ2v) is 4.34. The number of esters is 1. The van der Waals surface area contributed by atoms with Crippen molar-refractivity contribution in [3.8, 4) is 5.75 Å². The Bertz CT molecular complexity index is 593. The predicted molar refractivity (Wildman–Crippen MR) is 62.9 cm³/mol. The maximum absolute atomic E-state index is 12.6. The van der Waals surface area contributed by atoms with E-state index in [4.69, 9.17) is 10.5 Å². The van der Waals surface area contributed by atoms with Crippen molar-refractivity contribution < 1.29 is 22.7 Å². The number of alkyl halides is 3. The average Bonchev–Trinajstić information content (AvgIpc) is 2.81. The zero-order valence-corrected chi connectivity index (χ0v) is 10.1. The van der Waals surface area contributed by atoms with Crippen molar-refractivity contribution in [3.05, 3.63) is 40.3 Å². The highest BCUT2D eigenvalue weighted by Gasteiger charge is 2.39. The second-order valence-electron chi connectivity index (χ2n) is 3.49. The molecule has 0 unspecified atom stereocenters. The smallest absolute Gasteiger partial charge is 0.422 e. The largest absolute Gasteiger partial charge is 0.435 e. The van der Waals surface area contributed by atoms with Gasteiger partial charge in [-0.3, -0.25) is 0 Å². The lowest BCUT2D eigenvalue weighted by Crippen LogP contribution is -2.15. The van der Waals surface area contributed by atoms with Gasteiger partial charge < -0.3 is 10.5 Å². The lowest BCUT2D eigenvalue weighted by molar-refractivity contribution is -0.141. The zero-order chi connectivity index (χ0) is 14.0. The molecule has 1 aromatic carbocycles. The molecule has 2 aromatic rings. The number of nitrogen functional groups attached to an aromatic ring is 1. The number of hydrogen-bond acceptors (Lipinski definition) is 5. The Morgan fingerprint density at radius 2 is 1.89 bits per heavy atom. The minimum Gasteiger partial charge on any atom is -0.422 e. The summed E-state index contributed by atoms with van der Waals surface area (Å²) >= 11 is 0.577. The number of rotatable bonds is 2. The number of nitrogens with two attached hydrogens (primary N) is 1. The Morgan fingerprint density at radius 3 is 2.47 bits per heavy atom. The maximum Gasteiger partial charge on any atom is 0.435 e.